The summed E-state index contributed by atoms with van der Waals surface area (Å²) in [5.74, 6) is 0. The van der Waals surface area contributed by atoms with E-state index in [-0.39, 0.29) is 0 Å². The first kappa shape index (κ1) is 11.4. The highest BCUT2D eigenvalue weighted by Crippen LogP contribution is 2.29. The van der Waals surface area contributed by atoms with Crippen LogP contribution in [-0.2, 0) is 0 Å². The van der Waals surface area contributed by atoms with Gasteiger partial charge in [0.2, 0.25) is 0 Å². The number of nitrogens with one attached hydrogen (secondary N) is 1. The van der Waals surface area contributed by atoms with Gasteiger partial charge in [-0.2, -0.15) is 0 Å². The number of likely N-dealkylation sites (tertiary alicyclic amines) is 1. The minimum atomic E-state index is 0.760. The summed E-state index contributed by atoms with van der Waals surface area (Å²) in [4.78, 5) is 5.03. The lowest BCUT2D eigenvalue weighted by Gasteiger charge is -2.18. The Morgan fingerprint density at radius 1 is 1.33 bits per heavy atom. The Bertz CT molecular complexity index is 191. The molecule has 2 rings (SSSR count). The maximum atomic E-state index is 3.68. The molecule has 0 aromatic heterocycles. The molecule has 0 aromatic rings. The van der Waals surface area contributed by atoms with Gasteiger partial charge >= 0.3 is 0 Å². The predicted molar refractivity (Wildman–Crippen MR) is 64.2 cm³/mol. The fourth-order valence-electron chi connectivity index (χ4n) is 2.34. The SMILES string of the molecule is CCN(C)CCNC1CCN(C2CC2)C1. The van der Waals surface area contributed by atoms with Gasteiger partial charge in [-0.1, -0.05) is 6.92 Å². The smallest absolute Gasteiger partial charge is 0.0207 e. The Hall–Kier alpha value is -0.120. The fraction of sp³-hybridized carbons (Fsp3) is 1.00. The van der Waals surface area contributed by atoms with Gasteiger partial charge in [-0.15, -0.1) is 0 Å². The minimum absolute atomic E-state index is 0.760. The predicted octanol–water partition coefficient (Wildman–Crippen LogP) is 0.764. The highest BCUT2D eigenvalue weighted by molar-refractivity contribution is 4.91. The molecule has 0 radical (unpaired) electrons. The van der Waals surface area contributed by atoms with E-state index < -0.39 is 0 Å². The molecule has 0 spiro atoms. The van der Waals surface area contributed by atoms with Crippen molar-refractivity contribution in [3.8, 4) is 0 Å². The molecule has 1 N–H and O–H groups in total. The Labute approximate surface area is 93.8 Å². The Morgan fingerprint density at radius 2 is 2.13 bits per heavy atom. The molecule has 1 saturated heterocycles. The van der Waals surface area contributed by atoms with Crippen LogP contribution < -0.4 is 5.32 Å². The van der Waals surface area contributed by atoms with Crippen LogP contribution in [0, 0.1) is 0 Å². The van der Waals surface area contributed by atoms with Gasteiger partial charge in [0.25, 0.3) is 0 Å². The van der Waals surface area contributed by atoms with Crippen LogP contribution >= 0.6 is 0 Å². The monoisotopic (exact) mass is 211 g/mol. The lowest BCUT2D eigenvalue weighted by Crippen LogP contribution is -2.37. The van der Waals surface area contributed by atoms with E-state index in [1.165, 1.54) is 38.9 Å². The standard InChI is InChI=1S/C12H25N3/c1-3-14(2)9-7-13-11-6-8-15(10-11)12-4-5-12/h11-13H,3-10H2,1-2H3. The van der Waals surface area contributed by atoms with Crippen molar-refractivity contribution in [2.75, 3.05) is 39.8 Å². The topological polar surface area (TPSA) is 18.5 Å². The first-order valence-electron chi connectivity index (χ1n) is 6.45. The van der Waals surface area contributed by atoms with Crippen LogP contribution in [0.1, 0.15) is 26.2 Å². The first-order valence-corrected chi connectivity index (χ1v) is 6.45. The van der Waals surface area contributed by atoms with E-state index in [4.69, 9.17) is 0 Å². The zero-order valence-electron chi connectivity index (χ0n) is 10.2. The molecule has 0 aromatic carbocycles. The Kier molecular flexibility index (Phi) is 4.00. The highest BCUT2D eigenvalue weighted by atomic mass is 15.2. The molecule has 3 nitrogen and oxygen atoms in total. The van der Waals surface area contributed by atoms with Crippen LogP contribution in [0.2, 0.25) is 0 Å². The molecule has 0 bridgehead atoms. The first-order chi connectivity index (χ1) is 7.29. The van der Waals surface area contributed by atoms with E-state index in [9.17, 15) is 0 Å². The zero-order chi connectivity index (χ0) is 10.7. The molecule has 1 saturated carbocycles. The molecule has 1 heterocycles. The van der Waals surface area contributed by atoms with Crippen molar-refractivity contribution in [1.82, 2.24) is 15.1 Å². The number of likely N-dealkylation sites (N-methyl/N-ethyl adjacent to an activating group) is 1. The number of hydrogen-bond donors (Lipinski definition) is 1. The molecule has 3 heteroatoms. The Balaban J connectivity index is 1.56. The van der Waals surface area contributed by atoms with Crippen molar-refractivity contribution in [2.45, 2.75) is 38.3 Å². The van der Waals surface area contributed by atoms with Gasteiger partial charge in [0, 0.05) is 38.3 Å². The van der Waals surface area contributed by atoms with Crippen molar-refractivity contribution < 1.29 is 0 Å². The van der Waals surface area contributed by atoms with Crippen molar-refractivity contribution in [3.63, 3.8) is 0 Å². The summed E-state index contributed by atoms with van der Waals surface area (Å²) in [7, 11) is 2.19. The van der Waals surface area contributed by atoms with Crippen LogP contribution in [0.15, 0.2) is 0 Å². The number of rotatable bonds is 6. The molecule has 2 fully saturated rings. The summed E-state index contributed by atoms with van der Waals surface area (Å²) >= 11 is 0. The van der Waals surface area contributed by atoms with E-state index in [0.29, 0.717) is 0 Å². The largest absolute Gasteiger partial charge is 0.311 e. The molecule has 1 unspecified atom stereocenters. The van der Waals surface area contributed by atoms with E-state index >= 15 is 0 Å². The third-order valence-corrected chi connectivity index (χ3v) is 3.75. The molecule has 15 heavy (non-hydrogen) atoms. The van der Waals surface area contributed by atoms with Crippen LogP contribution in [0.4, 0.5) is 0 Å². The van der Waals surface area contributed by atoms with Gasteiger partial charge in [0.05, 0.1) is 0 Å². The molecule has 88 valence electrons. The van der Waals surface area contributed by atoms with Gasteiger partial charge in [-0.3, -0.25) is 4.90 Å². The van der Waals surface area contributed by atoms with Crippen LogP contribution in [-0.4, -0.2) is 61.7 Å². The summed E-state index contributed by atoms with van der Waals surface area (Å²) in [6, 6.07) is 1.71. The maximum Gasteiger partial charge on any atom is 0.0207 e. The zero-order valence-corrected chi connectivity index (χ0v) is 10.2. The second kappa shape index (κ2) is 5.28. The average Bonchev–Trinajstić information content (AvgIpc) is 2.99. The number of hydrogen-bond acceptors (Lipinski definition) is 3. The third-order valence-electron chi connectivity index (χ3n) is 3.75. The van der Waals surface area contributed by atoms with E-state index in [0.717, 1.165) is 25.2 Å². The van der Waals surface area contributed by atoms with E-state index in [1.807, 2.05) is 0 Å². The molecule has 1 aliphatic heterocycles. The van der Waals surface area contributed by atoms with Gasteiger partial charge in [-0.25, -0.2) is 0 Å². The summed E-state index contributed by atoms with van der Waals surface area (Å²) in [5.41, 5.74) is 0. The van der Waals surface area contributed by atoms with Gasteiger partial charge in [0.15, 0.2) is 0 Å². The maximum absolute atomic E-state index is 3.68. The lowest BCUT2D eigenvalue weighted by molar-refractivity contribution is 0.309. The van der Waals surface area contributed by atoms with E-state index in [1.54, 1.807) is 0 Å². The Morgan fingerprint density at radius 3 is 2.80 bits per heavy atom. The van der Waals surface area contributed by atoms with Crippen LogP contribution in [0.3, 0.4) is 0 Å². The van der Waals surface area contributed by atoms with Crippen molar-refractivity contribution >= 4 is 0 Å². The van der Waals surface area contributed by atoms with Crippen molar-refractivity contribution in [2.24, 2.45) is 0 Å². The van der Waals surface area contributed by atoms with Gasteiger partial charge in [-0.05, 0) is 32.9 Å². The quantitative estimate of drug-likeness (QED) is 0.700. The fourth-order valence-corrected chi connectivity index (χ4v) is 2.34. The summed E-state index contributed by atoms with van der Waals surface area (Å²) in [5, 5.41) is 3.68. The second-order valence-electron chi connectivity index (χ2n) is 5.06. The van der Waals surface area contributed by atoms with E-state index in [2.05, 4.69) is 29.1 Å². The molecule has 0 amide bonds. The summed E-state index contributed by atoms with van der Waals surface area (Å²) in [6.07, 6.45) is 4.25. The third kappa shape index (κ3) is 3.44. The minimum Gasteiger partial charge on any atom is -0.311 e. The van der Waals surface area contributed by atoms with Crippen LogP contribution in [0.5, 0.6) is 0 Å². The van der Waals surface area contributed by atoms with Crippen LogP contribution in [0.25, 0.3) is 0 Å². The average molecular weight is 211 g/mol. The van der Waals surface area contributed by atoms with Crippen molar-refractivity contribution in [3.05, 3.63) is 0 Å². The summed E-state index contributed by atoms with van der Waals surface area (Å²) < 4.78 is 0. The molecule has 2 aliphatic rings. The molecule has 1 atom stereocenters. The van der Waals surface area contributed by atoms with Crippen molar-refractivity contribution in [1.29, 1.82) is 0 Å². The molecular formula is C12H25N3. The highest BCUT2D eigenvalue weighted by Gasteiger charge is 2.33. The number of nitrogens with zero attached hydrogens (tertiary/aromatic N) is 2. The second-order valence-corrected chi connectivity index (χ2v) is 5.06. The molecule has 1 aliphatic carbocycles. The summed E-state index contributed by atoms with van der Waals surface area (Å²) in [6.45, 7) is 8.31. The molecular weight excluding hydrogens is 186 g/mol. The normalized spacial score (nSPS) is 27.8. The van der Waals surface area contributed by atoms with Gasteiger partial charge < -0.3 is 10.2 Å². The lowest BCUT2D eigenvalue weighted by atomic mass is 10.2. The van der Waals surface area contributed by atoms with Gasteiger partial charge in [0.1, 0.15) is 0 Å².